The molecule has 19 heavy (non-hydrogen) atoms. The molecule has 1 atom stereocenters. The third-order valence-electron chi connectivity index (χ3n) is 2.34. The minimum absolute atomic E-state index is 0.242. The number of carboxylic acids is 1. The number of carbonyl (C=O) groups excluding carboxylic acids is 1. The van der Waals surface area contributed by atoms with Crippen molar-refractivity contribution in [2.75, 3.05) is 12.3 Å². The van der Waals surface area contributed by atoms with Crippen LogP contribution in [0.25, 0.3) is 0 Å². The monoisotopic (exact) mass is 283 g/mol. The predicted molar refractivity (Wildman–Crippen MR) is 73.1 cm³/mol. The van der Waals surface area contributed by atoms with Gasteiger partial charge in [-0.25, -0.2) is 4.79 Å². The highest BCUT2D eigenvalue weighted by Gasteiger charge is 2.13. The van der Waals surface area contributed by atoms with Crippen LogP contribution in [-0.2, 0) is 9.59 Å². The first kappa shape index (κ1) is 15.5. The third-order valence-corrected chi connectivity index (χ3v) is 3.44. The molecule has 1 aromatic carbocycles. The number of rotatable bonds is 8. The van der Waals surface area contributed by atoms with E-state index in [0.717, 1.165) is 10.6 Å². The van der Waals surface area contributed by atoms with Crippen LogP contribution in [0.4, 0.5) is 0 Å². The lowest BCUT2D eigenvalue weighted by Crippen LogP contribution is -2.36. The number of thioether (sulfide) groups is 1. The molecule has 0 fully saturated rings. The average molecular weight is 283 g/mol. The summed E-state index contributed by atoms with van der Waals surface area (Å²) in [5.74, 6) is -0.757. The van der Waals surface area contributed by atoms with E-state index in [1.54, 1.807) is 11.8 Å². The van der Waals surface area contributed by atoms with Gasteiger partial charge in [0.1, 0.15) is 0 Å². The second-order valence-corrected chi connectivity index (χ2v) is 5.09. The predicted octanol–water partition coefficient (Wildman–Crippen LogP) is 1.12. The summed E-state index contributed by atoms with van der Waals surface area (Å²) < 4.78 is 0. The van der Waals surface area contributed by atoms with E-state index in [-0.39, 0.29) is 12.5 Å². The molecule has 0 aromatic heterocycles. The number of aliphatic hydroxyl groups is 1. The molecule has 1 amide bonds. The normalized spacial score (nSPS) is 11.8. The van der Waals surface area contributed by atoms with Crippen LogP contribution < -0.4 is 5.32 Å². The van der Waals surface area contributed by atoms with Crippen LogP contribution >= 0.6 is 11.8 Å². The maximum atomic E-state index is 11.4. The van der Waals surface area contributed by atoms with Crippen molar-refractivity contribution in [1.82, 2.24) is 5.32 Å². The fourth-order valence-electron chi connectivity index (χ4n) is 1.33. The Bertz CT molecular complexity index is 410. The van der Waals surface area contributed by atoms with Crippen LogP contribution in [-0.4, -0.2) is 40.5 Å². The van der Waals surface area contributed by atoms with Crippen LogP contribution in [0.3, 0.4) is 0 Å². The third kappa shape index (κ3) is 6.83. The molecule has 0 bridgehead atoms. The summed E-state index contributed by atoms with van der Waals surface area (Å²) in [6, 6.07) is 9.89. The van der Waals surface area contributed by atoms with Crippen molar-refractivity contribution in [3.8, 4) is 0 Å². The van der Waals surface area contributed by atoms with Gasteiger partial charge >= 0.3 is 5.97 Å². The van der Waals surface area contributed by atoms with Crippen LogP contribution in [0, 0.1) is 0 Å². The summed E-state index contributed by atoms with van der Waals surface area (Å²) in [5.41, 5.74) is 0. The van der Waals surface area contributed by atoms with Crippen molar-refractivity contribution >= 4 is 23.6 Å². The molecule has 0 radical (unpaired) electrons. The summed E-state index contributed by atoms with van der Waals surface area (Å²) in [7, 11) is 0. The van der Waals surface area contributed by atoms with Gasteiger partial charge < -0.3 is 15.5 Å². The fourth-order valence-corrected chi connectivity index (χ4v) is 2.20. The van der Waals surface area contributed by atoms with Gasteiger partial charge in [-0.05, 0) is 24.3 Å². The number of hydrogen-bond acceptors (Lipinski definition) is 4. The maximum Gasteiger partial charge on any atom is 0.334 e. The zero-order chi connectivity index (χ0) is 14.1. The van der Waals surface area contributed by atoms with E-state index in [9.17, 15) is 9.59 Å². The van der Waals surface area contributed by atoms with Gasteiger partial charge in [0.05, 0.1) is 6.54 Å². The number of hydrogen-bond donors (Lipinski definition) is 3. The standard InChI is InChI=1S/C13H17NO4S/c15-11(13(17)18)9-14-12(16)7-4-8-19-10-5-2-1-3-6-10/h1-3,5-6,11,15H,4,7-9H2,(H,14,16)(H,17,18). The first-order valence-electron chi connectivity index (χ1n) is 5.95. The molecule has 0 aliphatic rings. The molecule has 5 nitrogen and oxygen atoms in total. The van der Waals surface area contributed by atoms with Gasteiger partial charge in [-0.1, -0.05) is 18.2 Å². The Labute approximate surface area is 116 Å². The zero-order valence-electron chi connectivity index (χ0n) is 10.4. The van der Waals surface area contributed by atoms with Gasteiger partial charge in [-0.3, -0.25) is 4.79 Å². The Morgan fingerprint density at radius 3 is 2.58 bits per heavy atom. The highest BCUT2D eigenvalue weighted by atomic mass is 32.2. The molecule has 1 rings (SSSR count). The zero-order valence-corrected chi connectivity index (χ0v) is 11.2. The van der Waals surface area contributed by atoms with Crippen LogP contribution in [0.2, 0.25) is 0 Å². The highest BCUT2D eigenvalue weighted by molar-refractivity contribution is 7.99. The minimum atomic E-state index is -1.54. The van der Waals surface area contributed by atoms with Gasteiger partial charge in [0, 0.05) is 11.3 Å². The molecule has 0 saturated carbocycles. The SMILES string of the molecule is O=C(CCCSc1ccccc1)NCC(O)C(=O)O. The number of aliphatic hydroxyl groups excluding tert-OH is 1. The minimum Gasteiger partial charge on any atom is -0.479 e. The second kappa shape index (κ2) is 8.55. The molecule has 0 heterocycles. The van der Waals surface area contributed by atoms with Gasteiger partial charge in [-0.2, -0.15) is 0 Å². The molecule has 6 heteroatoms. The van der Waals surface area contributed by atoms with Crippen molar-refractivity contribution < 1.29 is 19.8 Å². The van der Waals surface area contributed by atoms with Crippen LogP contribution in [0.5, 0.6) is 0 Å². The Hall–Kier alpha value is -1.53. The molecule has 104 valence electrons. The smallest absolute Gasteiger partial charge is 0.334 e. The van der Waals surface area contributed by atoms with Crippen molar-refractivity contribution in [1.29, 1.82) is 0 Å². The molecular formula is C13H17NO4S. The van der Waals surface area contributed by atoms with Crippen molar-refractivity contribution in [2.24, 2.45) is 0 Å². The molecular weight excluding hydrogens is 266 g/mol. The molecule has 1 aromatic rings. The van der Waals surface area contributed by atoms with Gasteiger partial charge in [0.2, 0.25) is 5.91 Å². The van der Waals surface area contributed by atoms with E-state index in [0.29, 0.717) is 12.8 Å². The number of nitrogens with one attached hydrogen (secondary N) is 1. The van der Waals surface area contributed by atoms with Crippen LogP contribution in [0.1, 0.15) is 12.8 Å². The van der Waals surface area contributed by atoms with Crippen molar-refractivity contribution in [3.63, 3.8) is 0 Å². The average Bonchev–Trinajstić information content (AvgIpc) is 2.42. The summed E-state index contributed by atoms with van der Waals surface area (Å²) in [4.78, 5) is 22.8. The van der Waals surface area contributed by atoms with Crippen molar-refractivity contribution in [2.45, 2.75) is 23.8 Å². The molecule has 1 unspecified atom stereocenters. The molecule has 0 spiro atoms. The Balaban J connectivity index is 2.09. The molecule has 0 aliphatic heterocycles. The van der Waals surface area contributed by atoms with Gasteiger partial charge in [0.15, 0.2) is 6.10 Å². The lowest BCUT2D eigenvalue weighted by Gasteiger charge is -2.07. The maximum absolute atomic E-state index is 11.4. The lowest BCUT2D eigenvalue weighted by atomic mass is 10.3. The molecule has 0 saturated heterocycles. The number of amides is 1. The van der Waals surface area contributed by atoms with Gasteiger partial charge in [0.25, 0.3) is 0 Å². The first-order valence-corrected chi connectivity index (χ1v) is 6.93. The Morgan fingerprint density at radius 2 is 1.95 bits per heavy atom. The summed E-state index contributed by atoms with van der Waals surface area (Å²) in [5, 5.41) is 19.8. The van der Waals surface area contributed by atoms with E-state index in [1.807, 2.05) is 30.3 Å². The topological polar surface area (TPSA) is 86.6 Å². The summed E-state index contributed by atoms with van der Waals surface area (Å²) >= 11 is 1.67. The molecule has 3 N–H and O–H groups in total. The first-order chi connectivity index (χ1) is 9.09. The van der Waals surface area contributed by atoms with E-state index in [4.69, 9.17) is 10.2 Å². The Morgan fingerprint density at radius 1 is 1.26 bits per heavy atom. The van der Waals surface area contributed by atoms with E-state index < -0.39 is 12.1 Å². The summed E-state index contributed by atoms with van der Waals surface area (Å²) in [6.07, 6.45) is -0.511. The number of benzene rings is 1. The van der Waals surface area contributed by atoms with Gasteiger partial charge in [-0.15, -0.1) is 11.8 Å². The highest BCUT2D eigenvalue weighted by Crippen LogP contribution is 2.18. The quantitative estimate of drug-likeness (QED) is 0.491. The largest absolute Gasteiger partial charge is 0.479 e. The van der Waals surface area contributed by atoms with E-state index in [1.165, 1.54) is 0 Å². The molecule has 0 aliphatic carbocycles. The number of carbonyl (C=O) groups is 2. The van der Waals surface area contributed by atoms with E-state index in [2.05, 4.69) is 5.32 Å². The number of aliphatic carboxylic acids is 1. The number of carboxylic acid groups (broad SMARTS) is 1. The lowest BCUT2D eigenvalue weighted by molar-refractivity contribution is -0.146. The summed E-state index contributed by atoms with van der Waals surface area (Å²) in [6.45, 7) is -0.250. The fraction of sp³-hybridized carbons (Fsp3) is 0.385. The van der Waals surface area contributed by atoms with E-state index >= 15 is 0 Å². The Kier molecular flexibility index (Phi) is 6.99. The van der Waals surface area contributed by atoms with Crippen molar-refractivity contribution in [3.05, 3.63) is 30.3 Å². The van der Waals surface area contributed by atoms with Crippen LogP contribution in [0.15, 0.2) is 35.2 Å². The second-order valence-electron chi connectivity index (χ2n) is 3.92.